The van der Waals surface area contributed by atoms with Crippen LogP contribution in [0.4, 0.5) is 22.0 Å². The number of rotatable bonds is 8. The van der Waals surface area contributed by atoms with Crippen molar-refractivity contribution in [1.82, 2.24) is 4.90 Å². The monoisotopic (exact) mass is 569 g/mol. The van der Waals surface area contributed by atoms with Gasteiger partial charge >= 0.3 is 12.1 Å². The van der Waals surface area contributed by atoms with Crippen LogP contribution in [0, 0.1) is 12.8 Å². The van der Waals surface area contributed by atoms with Crippen molar-refractivity contribution in [1.29, 1.82) is 0 Å². The maximum absolute atomic E-state index is 13.8. The van der Waals surface area contributed by atoms with Gasteiger partial charge in [0.1, 0.15) is 0 Å². The number of aromatic carboxylic acids is 1. The van der Waals surface area contributed by atoms with E-state index in [4.69, 9.17) is 0 Å². The number of nitrogens with zero attached hydrogens (tertiary/aromatic N) is 1. The maximum atomic E-state index is 13.8. The van der Waals surface area contributed by atoms with E-state index in [2.05, 4.69) is 0 Å². The van der Waals surface area contributed by atoms with E-state index in [1.807, 2.05) is 29.2 Å². The van der Waals surface area contributed by atoms with Crippen molar-refractivity contribution >= 4 is 17.1 Å². The molecule has 41 heavy (non-hydrogen) atoms. The maximum Gasteiger partial charge on any atom is 0.416 e. The summed E-state index contributed by atoms with van der Waals surface area (Å²) < 4.78 is 66.5. The molecule has 0 bridgehead atoms. The first-order chi connectivity index (χ1) is 19.5. The smallest absolute Gasteiger partial charge is 0.416 e. The summed E-state index contributed by atoms with van der Waals surface area (Å²) in [5.74, 6) is -0.626. The lowest BCUT2D eigenvalue weighted by Crippen LogP contribution is -2.48. The molecule has 0 unspecified atom stereocenters. The number of benzene rings is 3. The van der Waals surface area contributed by atoms with Crippen LogP contribution < -0.4 is 0 Å². The van der Waals surface area contributed by atoms with Crippen LogP contribution in [0.25, 0.3) is 11.1 Å². The minimum Gasteiger partial charge on any atom is -0.478 e. The zero-order chi connectivity index (χ0) is 29.3. The zero-order valence-corrected chi connectivity index (χ0v) is 22.8. The molecule has 0 saturated carbocycles. The fourth-order valence-corrected chi connectivity index (χ4v) is 6.20. The van der Waals surface area contributed by atoms with Gasteiger partial charge in [0.25, 0.3) is 0 Å². The number of alkyl halides is 5. The first-order valence-electron chi connectivity index (χ1n) is 13.9. The minimum absolute atomic E-state index is 0.111. The molecular weight excluding hydrogens is 537 g/mol. The van der Waals surface area contributed by atoms with Gasteiger partial charge in [0.05, 0.1) is 11.1 Å². The predicted octanol–water partition coefficient (Wildman–Crippen LogP) is 8.14. The molecule has 0 amide bonds. The normalized spacial score (nSPS) is 16.5. The Morgan fingerprint density at radius 1 is 1.00 bits per heavy atom. The number of allylic oxidation sites excluding steroid dienone is 1. The number of hydrogen-bond donors (Lipinski definition) is 1. The molecule has 1 heterocycles. The standard InChI is InChI=1S/C33H32F5NO2/c1-20-26(5-3-7-29(20)33(36,37)38)28-6-2-4-24-17-25(32(40)41)12-13-27(24)31(28)23-10-8-21(9-11-23)16-22-18-39(19-22)15-14-30(34)35/h3,5,7-13,17,22,30H,2,4,6,14-16,18-19H2,1H3,(H,40,41). The fraction of sp³-hybridized carbons (Fsp3) is 0.364. The van der Waals surface area contributed by atoms with Crippen LogP contribution in [0.15, 0.2) is 60.7 Å². The van der Waals surface area contributed by atoms with Crippen molar-refractivity contribution in [3.63, 3.8) is 0 Å². The van der Waals surface area contributed by atoms with E-state index >= 15 is 0 Å². The first kappa shape index (κ1) is 29.0. The number of fused-ring (bicyclic) bond motifs is 1. The van der Waals surface area contributed by atoms with E-state index in [0.29, 0.717) is 37.3 Å². The van der Waals surface area contributed by atoms with Crippen LogP contribution in [0.3, 0.4) is 0 Å². The van der Waals surface area contributed by atoms with E-state index in [-0.39, 0.29) is 17.5 Å². The average Bonchev–Trinajstić information content (AvgIpc) is 3.08. The summed E-state index contributed by atoms with van der Waals surface area (Å²) in [6, 6.07) is 17.3. The third-order valence-electron chi connectivity index (χ3n) is 8.22. The topological polar surface area (TPSA) is 40.5 Å². The Kier molecular flexibility index (Phi) is 8.32. The number of hydrogen-bond acceptors (Lipinski definition) is 2. The van der Waals surface area contributed by atoms with Crippen molar-refractivity contribution in [3.8, 4) is 0 Å². The number of carbonyl (C=O) groups is 1. The van der Waals surface area contributed by atoms with Gasteiger partial charge in [0, 0.05) is 26.1 Å². The largest absolute Gasteiger partial charge is 0.478 e. The van der Waals surface area contributed by atoms with Crippen molar-refractivity contribution < 1.29 is 31.9 Å². The van der Waals surface area contributed by atoms with Crippen LogP contribution in [0.1, 0.15) is 68.6 Å². The highest BCUT2D eigenvalue weighted by Crippen LogP contribution is 2.43. The molecule has 0 aromatic heterocycles. The van der Waals surface area contributed by atoms with Crippen LogP contribution in [0.2, 0.25) is 0 Å². The van der Waals surface area contributed by atoms with Crippen molar-refractivity contribution in [2.75, 3.05) is 19.6 Å². The van der Waals surface area contributed by atoms with E-state index in [1.54, 1.807) is 24.3 Å². The summed E-state index contributed by atoms with van der Waals surface area (Å²) in [4.78, 5) is 13.7. The van der Waals surface area contributed by atoms with Gasteiger partial charge in [-0.15, -0.1) is 0 Å². The van der Waals surface area contributed by atoms with Crippen LogP contribution >= 0.6 is 0 Å². The number of carboxylic acids is 1. The molecule has 0 radical (unpaired) electrons. The summed E-state index contributed by atoms with van der Waals surface area (Å²) in [7, 11) is 0. The molecule has 8 heteroatoms. The number of carboxylic acid groups (broad SMARTS) is 1. The second kappa shape index (κ2) is 11.8. The van der Waals surface area contributed by atoms with E-state index in [0.717, 1.165) is 59.0 Å². The highest BCUT2D eigenvalue weighted by molar-refractivity contribution is 6.01. The molecule has 0 atom stereocenters. The third-order valence-corrected chi connectivity index (χ3v) is 8.22. The van der Waals surface area contributed by atoms with Crippen molar-refractivity contribution in [2.24, 2.45) is 5.92 Å². The number of aryl methyl sites for hydroxylation is 1. The molecule has 1 fully saturated rings. The summed E-state index contributed by atoms with van der Waals surface area (Å²) in [5, 5.41) is 9.56. The lowest BCUT2D eigenvalue weighted by Gasteiger charge is -2.39. The van der Waals surface area contributed by atoms with Gasteiger partial charge in [-0.25, -0.2) is 13.6 Å². The number of halogens is 5. The molecule has 3 nitrogen and oxygen atoms in total. The highest BCUT2D eigenvalue weighted by Gasteiger charge is 2.34. The molecule has 1 N–H and O–H groups in total. The van der Waals surface area contributed by atoms with Crippen LogP contribution in [0.5, 0.6) is 0 Å². The van der Waals surface area contributed by atoms with Gasteiger partial charge in [0.15, 0.2) is 0 Å². The van der Waals surface area contributed by atoms with E-state index in [9.17, 15) is 31.9 Å². The molecule has 3 aromatic carbocycles. The Labute approximate surface area is 236 Å². The summed E-state index contributed by atoms with van der Waals surface area (Å²) in [5.41, 5.74) is 5.55. The summed E-state index contributed by atoms with van der Waals surface area (Å²) in [6.07, 6.45) is -4.21. The summed E-state index contributed by atoms with van der Waals surface area (Å²) in [6.45, 7) is 3.49. The molecule has 3 aromatic rings. The van der Waals surface area contributed by atoms with E-state index in [1.165, 1.54) is 13.0 Å². The Hall–Kier alpha value is -3.52. The minimum atomic E-state index is -4.47. The van der Waals surface area contributed by atoms with E-state index < -0.39 is 24.1 Å². The lowest BCUT2D eigenvalue weighted by molar-refractivity contribution is -0.138. The number of likely N-dealkylation sites (tertiary alicyclic amines) is 1. The SMILES string of the molecule is Cc1c(C2=C(c3ccc(CC4CN(CCC(F)F)C4)cc3)c3ccc(C(=O)O)cc3CCC2)cccc1C(F)(F)F. The molecule has 1 aliphatic heterocycles. The molecule has 1 saturated heterocycles. The Bertz CT molecular complexity index is 1450. The van der Waals surface area contributed by atoms with Crippen LogP contribution in [-0.2, 0) is 19.0 Å². The first-order valence-corrected chi connectivity index (χ1v) is 13.9. The van der Waals surface area contributed by atoms with Gasteiger partial charge in [0.2, 0.25) is 6.43 Å². The Balaban J connectivity index is 1.52. The van der Waals surface area contributed by atoms with Crippen molar-refractivity contribution in [3.05, 3.63) is 105 Å². The van der Waals surface area contributed by atoms with Crippen molar-refractivity contribution in [2.45, 2.75) is 51.6 Å². The molecule has 0 spiro atoms. The lowest BCUT2D eigenvalue weighted by atomic mass is 9.84. The van der Waals surface area contributed by atoms with Gasteiger partial charge in [-0.2, -0.15) is 13.2 Å². The Morgan fingerprint density at radius 2 is 1.73 bits per heavy atom. The molecule has 216 valence electrons. The van der Waals surface area contributed by atoms with Gasteiger partial charge in [-0.1, -0.05) is 42.5 Å². The molecule has 1 aliphatic carbocycles. The second-order valence-electron chi connectivity index (χ2n) is 11.1. The highest BCUT2D eigenvalue weighted by atomic mass is 19.4. The Morgan fingerprint density at radius 3 is 2.39 bits per heavy atom. The molecule has 2 aliphatic rings. The predicted molar refractivity (Wildman–Crippen MR) is 149 cm³/mol. The zero-order valence-electron chi connectivity index (χ0n) is 22.8. The fourth-order valence-electron chi connectivity index (χ4n) is 6.20. The average molecular weight is 570 g/mol. The van der Waals surface area contributed by atoms with Gasteiger partial charge < -0.3 is 10.0 Å². The second-order valence-corrected chi connectivity index (χ2v) is 11.1. The molecule has 5 rings (SSSR count). The van der Waals surface area contributed by atoms with Gasteiger partial charge in [-0.3, -0.25) is 0 Å². The third kappa shape index (κ3) is 6.38. The summed E-state index contributed by atoms with van der Waals surface area (Å²) >= 11 is 0. The molecular formula is C33H32F5NO2. The quantitative estimate of drug-likeness (QED) is 0.279. The van der Waals surface area contributed by atoms with Crippen LogP contribution in [-0.4, -0.2) is 42.0 Å². The van der Waals surface area contributed by atoms with Gasteiger partial charge in [-0.05, 0) is 101 Å².